The molecular formula is C19H38N4. The fourth-order valence-electron chi connectivity index (χ4n) is 4.95. The van der Waals surface area contributed by atoms with Crippen molar-refractivity contribution < 1.29 is 0 Å². The van der Waals surface area contributed by atoms with Crippen molar-refractivity contribution >= 4 is 0 Å². The molecule has 134 valence electrons. The van der Waals surface area contributed by atoms with E-state index in [-0.39, 0.29) is 0 Å². The largest absolute Gasteiger partial charge is 0.315 e. The van der Waals surface area contributed by atoms with E-state index in [1.807, 2.05) is 0 Å². The van der Waals surface area contributed by atoms with E-state index in [9.17, 15) is 0 Å². The zero-order valence-corrected chi connectivity index (χ0v) is 16.2. The van der Waals surface area contributed by atoms with Gasteiger partial charge in [-0.1, -0.05) is 0 Å². The zero-order chi connectivity index (χ0) is 16.8. The van der Waals surface area contributed by atoms with Gasteiger partial charge in [0.25, 0.3) is 0 Å². The predicted octanol–water partition coefficient (Wildman–Crippen LogP) is 1.86. The standard InChI is InChI=1S/C19H38N4/c1-15(2)22(6)18(4)9-10-23(14-18)12-16(3)21(5)17-11-20-13-19(17)7-8-19/h15-17,20H,7-14H2,1-6H3/t16?,17-,18-/m0/s1. The monoisotopic (exact) mass is 322 g/mol. The summed E-state index contributed by atoms with van der Waals surface area (Å²) < 4.78 is 0. The van der Waals surface area contributed by atoms with Crippen LogP contribution in [0.3, 0.4) is 0 Å². The van der Waals surface area contributed by atoms with Crippen molar-refractivity contribution in [2.24, 2.45) is 5.41 Å². The van der Waals surface area contributed by atoms with Crippen LogP contribution in [0, 0.1) is 5.41 Å². The Labute approximate surface area is 143 Å². The van der Waals surface area contributed by atoms with Gasteiger partial charge in [0.1, 0.15) is 0 Å². The first kappa shape index (κ1) is 17.7. The molecule has 1 aliphatic carbocycles. The SMILES string of the molecule is CC(CN1CC[C@](C)(N(C)C(C)C)C1)N(C)[C@H]1CNCC12CC2. The van der Waals surface area contributed by atoms with Gasteiger partial charge >= 0.3 is 0 Å². The quantitative estimate of drug-likeness (QED) is 0.806. The minimum atomic E-state index is 0.346. The molecule has 1 unspecified atom stereocenters. The van der Waals surface area contributed by atoms with Crippen molar-refractivity contribution in [3.63, 3.8) is 0 Å². The number of likely N-dealkylation sites (tertiary alicyclic amines) is 1. The molecule has 2 aliphatic heterocycles. The third kappa shape index (κ3) is 3.33. The van der Waals surface area contributed by atoms with E-state index in [0.29, 0.717) is 23.0 Å². The molecule has 1 saturated carbocycles. The van der Waals surface area contributed by atoms with Gasteiger partial charge in [-0.05, 0) is 66.5 Å². The lowest BCUT2D eigenvalue weighted by atomic mass is 9.97. The van der Waals surface area contributed by atoms with Gasteiger partial charge in [0.2, 0.25) is 0 Å². The van der Waals surface area contributed by atoms with Crippen molar-refractivity contribution in [1.82, 2.24) is 20.0 Å². The summed E-state index contributed by atoms with van der Waals surface area (Å²) in [5, 5.41) is 3.63. The molecule has 0 aromatic rings. The van der Waals surface area contributed by atoms with Gasteiger partial charge in [-0.25, -0.2) is 0 Å². The van der Waals surface area contributed by atoms with E-state index in [4.69, 9.17) is 0 Å². The van der Waals surface area contributed by atoms with Crippen molar-refractivity contribution in [2.45, 2.75) is 70.6 Å². The van der Waals surface area contributed by atoms with Crippen LogP contribution in [0.1, 0.15) is 47.0 Å². The van der Waals surface area contributed by atoms with Crippen LogP contribution in [0.15, 0.2) is 0 Å². The highest BCUT2D eigenvalue weighted by Gasteiger charge is 2.54. The van der Waals surface area contributed by atoms with Crippen LogP contribution in [-0.2, 0) is 0 Å². The molecule has 3 fully saturated rings. The predicted molar refractivity (Wildman–Crippen MR) is 97.9 cm³/mol. The van der Waals surface area contributed by atoms with Gasteiger partial charge in [-0.15, -0.1) is 0 Å². The summed E-state index contributed by atoms with van der Waals surface area (Å²) in [5.74, 6) is 0. The second kappa shape index (κ2) is 6.29. The van der Waals surface area contributed by atoms with Crippen molar-refractivity contribution in [3.05, 3.63) is 0 Å². The summed E-state index contributed by atoms with van der Waals surface area (Å²) in [4.78, 5) is 7.94. The van der Waals surface area contributed by atoms with Crippen LogP contribution >= 0.6 is 0 Å². The highest BCUT2D eigenvalue weighted by Crippen LogP contribution is 2.52. The van der Waals surface area contributed by atoms with E-state index in [1.165, 1.54) is 52.0 Å². The van der Waals surface area contributed by atoms with E-state index in [1.54, 1.807) is 0 Å². The Bertz CT molecular complexity index is 420. The number of rotatable bonds is 6. The molecule has 0 aromatic heterocycles. The summed E-state index contributed by atoms with van der Waals surface area (Å²) in [5.41, 5.74) is 0.972. The second-order valence-electron chi connectivity index (χ2n) is 9.21. The summed E-state index contributed by atoms with van der Waals surface area (Å²) in [6.07, 6.45) is 4.17. The van der Waals surface area contributed by atoms with E-state index >= 15 is 0 Å². The molecule has 2 heterocycles. The molecule has 0 bridgehead atoms. The maximum absolute atomic E-state index is 3.63. The first-order valence-corrected chi connectivity index (χ1v) is 9.65. The minimum Gasteiger partial charge on any atom is -0.315 e. The number of hydrogen-bond donors (Lipinski definition) is 1. The van der Waals surface area contributed by atoms with Crippen LogP contribution in [0.25, 0.3) is 0 Å². The lowest BCUT2D eigenvalue weighted by molar-refractivity contribution is 0.0909. The van der Waals surface area contributed by atoms with Crippen LogP contribution < -0.4 is 5.32 Å². The molecule has 0 amide bonds. The van der Waals surface area contributed by atoms with Crippen molar-refractivity contribution in [2.75, 3.05) is 46.8 Å². The first-order valence-electron chi connectivity index (χ1n) is 9.65. The molecule has 3 atom stereocenters. The number of likely N-dealkylation sites (N-methyl/N-ethyl adjacent to an activating group) is 2. The lowest BCUT2D eigenvalue weighted by Gasteiger charge is -2.39. The minimum absolute atomic E-state index is 0.346. The van der Waals surface area contributed by atoms with Crippen LogP contribution in [0.2, 0.25) is 0 Å². The maximum atomic E-state index is 3.63. The molecule has 4 heteroatoms. The van der Waals surface area contributed by atoms with Crippen molar-refractivity contribution in [3.8, 4) is 0 Å². The van der Waals surface area contributed by atoms with Gasteiger partial charge in [0.15, 0.2) is 0 Å². The molecule has 1 spiro atoms. The molecule has 3 aliphatic rings. The number of nitrogens with zero attached hydrogens (tertiary/aromatic N) is 3. The fraction of sp³-hybridized carbons (Fsp3) is 1.00. The molecule has 4 nitrogen and oxygen atoms in total. The van der Waals surface area contributed by atoms with E-state index in [2.05, 4.69) is 61.8 Å². The van der Waals surface area contributed by atoms with Crippen molar-refractivity contribution in [1.29, 1.82) is 0 Å². The van der Waals surface area contributed by atoms with Gasteiger partial charge in [0.05, 0.1) is 0 Å². The van der Waals surface area contributed by atoms with E-state index < -0.39 is 0 Å². The molecule has 1 N–H and O–H groups in total. The molecule has 0 aromatic carbocycles. The van der Waals surface area contributed by atoms with Crippen LogP contribution in [-0.4, -0.2) is 85.2 Å². The zero-order valence-electron chi connectivity index (χ0n) is 16.2. The molecule has 3 rings (SSSR count). The fourth-order valence-corrected chi connectivity index (χ4v) is 4.95. The third-order valence-corrected chi connectivity index (χ3v) is 7.28. The topological polar surface area (TPSA) is 21.8 Å². The Hall–Kier alpha value is -0.160. The average molecular weight is 323 g/mol. The Morgan fingerprint density at radius 2 is 1.87 bits per heavy atom. The molecule has 2 saturated heterocycles. The number of hydrogen-bond acceptors (Lipinski definition) is 4. The summed E-state index contributed by atoms with van der Waals surface area (Å²) in [6.45, 7) is 15.6. The van der Waals surface area contributed by atoms with Gasteiger partial charge < -0.3 is 5.32 Å². The Kier molecular flexibility index (Phi) is 4.83. The molecule has 23 heavy (non-hydrogen) atoms. The Morgan fingerprint density at radius 1 is 1.17 bits per heavy atom. The third-order valence-electron chi connectivity index (χ3n) is 7.28. The first-order chi connectivity index (χ1) is 10.8. The van der Waals surface area contributed by atoms with Gasteiger partial charge in [-0.2, -0.15) is 0 Å². The van der Waals surface area contributed by atoms with Gasteiger partial charge in [0, 0.05) is 56.4 Å². The smallest absolute Gasteiger partial charge is 0.0320 e. The Balaban J connectivity index is 1.53. The molecular weight excluding hydrogens is 284 g/mol. The van der Waals surface area contributed by atoms with Crippen LogP contribution in [0.4, 0.5) is 0 Å². The molecule has 0 radical (unpaired) electrons. The van der Waals surface area contributed by atoms with E-state index in [0.717, 1.165) is 6.04 Å². The lowest BCUT2D eigenvalue weighted by Crippen LogP contribution is -2.51. The second-order valence-corrected chi connectivity index (χ2v) is 9.21. The average Bonchev–Trinajstić information content (AvgIpc) is 2.98. The summed E-state index contributed by atoms with van der Waals surface area (Å²) in [6, 6.07) is 2.02. The maximum Gasteiger partial charge on any atom is 0.0320 e. The highest BCUT2D eigenvalue weighted by atomic mass is 15.3. The summed E-state index contributed by atoms with van der Waals surface area (Å²) in [7, 11) is 4.66. The highest BCUT2D eigenvalue weighted by molar-refractivity contribution is 5.09. The number of nitrogens with one attached hydrogen (secondary N) is 1. The summed E-state index contributed by atoms with van der Waals surface area (Å²) >= 11 is 0. The van der Waals surface area contributed by atoms with Gasteiger partial charge in [-0.3, -0.25) is 14.7 Å². The normalized spacial score (nSPS) is 35.1. The van der Waals surface area contributed by atoms with Crippen LogP contribution in [0.5, 0.6) is 0 Å². The Morgan fingerprint density at radius 3 is 2.48 bits per heavy atom.